The van der Waals surface area contributed by atoms with E-state index in [9.17, 15) is 9.18 Å². The van der Waals surface area contributed by atoms with E-state index in [1.807, 2.05) is 6.07 Å². The number of carbonyl (C=O) groups is 1. The maximum atomic E-state index is 14.4. The van der Waals surface area contributed by atoms with Crippen LogP contribution in [0.4, 0.5) is 10.1 Å². The fraction of sp³-hybridized carbons (Fsp3) is 0.533. The van der Waals surface area contributed by atoms with Crippen LogP contribution in [-0.4, -0.2) is 25.2 Å². The molecule has 2 aliphatic rings. The third-order valence-electron chi connectivity index (χ3n) is 3.92. The molecule has 2 N–H and O–H groups in total. The summed E-state index contributed by atoms with van der Waals surface area (Å²) in [6.07, 6.45) is 2.86. The SMILES string of the molecule is O=C(CC1CCCO1)Nc1ccc2c(c1F)CCNC2. The number of halogens is 1. The van der Waals surface area contributed by atoms with E-state index < -0.39 is 0 Å². The Kier molecular flexibility index (Phi) is 3.98. The van der Waals surface area contributed by atoms with Crippen LogP contribution in [0.2, 0.25) is 0 Å². The van der Waals surface area contributed by atoms with Gasteiger partial charge in [0.05, 0.1) is 18.2 Å². The molecule has 0 saturated carbocycles. The first-order valence-electron chi connectivity index (χ1n) is 7.16. The number of carbonyl (C=O) groups excluding carboxylic acids is 1. The molecule has 0 spiro atoms. The average Bonchev–Trinajstić information content (AvgIpc) is 2.95. The Morgan fingerprint density at radius 3 is 3.20 bits per heavy atom. The number of hydrogen-bond donors (Lipinski definition) is 2. The van der Waals surface area contributed by atoms with Crippen LogP contribution in [0, 0.1) is 5.82 Å². The number of nitrogens with one attached hydrogen (secondary N) is 2. The van der Waals surface area contributed by atoms with Crippen LogP contribution in [0.25, 0.3) is 0 Å². The normalized spacial score (nSPS) is 21.6. The molecule has 1 aromatic rings. The van der Waals surface area contributed by atoms with Crippen LogP contribution in [0.3, 0.4) is 0 Å². The van der Waals surface area contributed by atoms with Crippen LogP contribution in [-0.2, 0) is 22.5 Å². The lowest BCUT2D eigenvalue weighted by atomic mass is 9.99. The topological polar surface area (TPSA) is 50.4 Å². The molecule has 1 saturated heterocycles. The number of ether oxygens (including phenoxy) is 1. The number of anilines is 1. The first kappa shape index (κ1) is 13.5. The van der Waals surface area contributed by atoms with Gasteiger partial charge in [-0.2, -0.15) is 0 Å². The van der Waals surface area contributed by atoms with E-state index in [2.05, 4.69) is 10.6 Å². The molecule has 1 atom stereocenters. The second-order valence-corrected chi connectivity index (χ2v) is 5.38. The molecule has 0 radical (unpaired) electrons. The highest BCUT2D eigenvalue weighted by atomic mass is 19.1. The van der Waals surface area contributed by atoms with E-state index >= 15 is 0 Å². The van der Waals surface area contributed by atoms with Crippen molar-refractivity contribution in [1.82, 2.24) is 5.32 Å². The molecule has 2 aliphatic heterocycles. The van der Waals surface area contributed by atoms with E-state index in [0.29, 0.717) is 19.4 Å². The van der Waals surface area contributed by atoms with Crippen LogP contribution in [0.15, 0.2) is 12.1 Å². The van der Waals surface area contributed by atoms with Crippen molar-refractivity contribution >= 4 is 11.6 Å². The second kappa shape index (κ2) is 5.89. The summed E-state index contributed by atoms with van der Waals surface area (Å²) in [5, 5.41) is 5.88. The van der Waals surface area contributed by atoms with Crippen molar-refractivity contribution in [2.75, 3.05) is 18.5 Å². The molecule has 0 aromatic heterocycles. The summed E-state index contributed by atoms with van der Waals surface area (Å²) < 4.78 is 19.8. The van der Waals surface area contributed by atoms with E-state index in [1.54, 1.807) is 6.07 Å². The smallest absolute Gasteiger partial charge is 0.227 e. The van der Waals surface area contributed by atoms with Crippen molar-refractivity contribution < 1.29 is 13.9 Å². The highest BCUT2D eigenvalue weighted by Gasteiger charge is 2.21. The second-order valence-electron chi connectivity index (χ2n) is 5.38. The Labute approximate surface area is 117 Å². The number of amides is 1. The van der Waals surface area contributed by atoms with Crippen LogP contribution >= 0.6 is 0 Å². The van der Waals surface area contributed by atoms with E-state index in [4.69, 9.17) is 4.74 Å². The zero-order valence-corrected chi connectivity index (χ0v) is 11.4. The predicted octanol–water partition coefficient (Wildman–Crippen LogP) is 1.98. The lowest BCUT2D eigenvalue weighted by molar-refractivity contribution is -0.118. The number of fused-ring (bicyclic) bond motifs is 1. The van der Waals surface area contributed by atoms with Crippen molar-refractivity contribution in [2.24, 2.45) is 0 Å². The van der Waals surface area contributed by atoms with Crippen molar-refractivity contribution in [1.29, 1.82) is 0 Å². The van der Waals surface area contributed by atoms with E-state index in [1.165, 1.54) is 0 Å². The molecular formula is C15H19FN2O2. The summed E-state index contributed by atoms with van der Waals surface area (Å²) in [6, 6.07) is 3.53. The average molecular weight is 278 g/mol. The minimum atomic E-state index is -0.287. The zero-order chi connectivity index (χ0) is 13.9. The van der Waals surface area contributed by atoms with Gasteiger partial charge in [-0.3, -0.25) is 4.79 Å². The highest BCUT2D eigenvalue weighted by Crippen LogP contribution is 2.25. The molecular weight excluding hydrogens is 259 g/mol. The van der Waals surface area contributed by atoms with Gasteiger partial charge in [0.25, 0.3) is 0 Å². The Balaban J connectivity index is 1.69. The van der Waals surface area contributed by atoms with Gasteiger partial charge in [-0.15, -0.1) is 0 Å². The molecule has 0 bridgehead atoms. The largest absolute Gasteiger partial charge is 0.378 e. The summed E-state index contributed by atoms with van der Waals surface area (Å²) in [5.74, 6) is -0.464. The maximum absolute atomic E-state index is 14.4. The maximum Gasteiger partial charge on any atom is 0.227 e. The van der Waals surface area contributed by atoms with Gasteiger partial charge in [0.15, 0.2) is 0 Å². The minimum Gasteiger partial charge on any atom is -0.378 e. The van der Waals surface area contributed by atoms with Crippen LogP contribution in [0.5, 0.6) is 0 Å². The third kappa shape index (κ3) is 2.83. The molecule has 0 aliphatic carbocycles. The fourth-order valence-electron chi connectivity index (χ4n) is 2.84. The van der Waals surface area contributed by atoms with Gasteiger partial charge in [0.2, 0.25) is 5.91 Å². The summed E-state index contributed by atoms with van der Waals surface area (Å²) in [4.78, 5) is 11.9. The lowest BCUT2D eigenvalue weighted by Crippen LogP contribution is -2.25. The van der Waals surface area contributed by atoms with Gasteiger partial charge in [-0.1, -0.05) is 6.07 Å². The van der Waals surface area contributed by atoms with Crippen molar-refractivity contribution in [3.8, 4) is 0 Å². The lowest BCUT2D eigenvalue weighted by Gasteiger charge is -2.19. The first-order chi connectivity index (χ1) is 9.74. The molecule has 4 nitrogen and oxygen atoms in total. The van der Waals surface area contributed by atoms with Crippen LogP contribution < -0.4 is 10.6 Å². The number of rotatable bonds is 3. The molecule has 108 valence electrons. The van der Waals surface area contributed by atoms with Gasteiger partial charge in [-0.25, -0.2) is 4.39 Å². The molecule has 20 heavy (non-hydrogen) atoms. The van der Waals surface area contributed by atoms with Crippen molar-refractivity contribution in [3.63, 3.8) is 0 Å². The zero-order valence-electron chi connectivity index (χ0n) is 11.4. The molecule has 1 fully saturated rings. The Bertz CT molecular complexity index is 513. The summed E-state index contributed by atoms with van der Waals surface area (Å²) in [6.45, 7) is 2.19. The molecule has 2 heterocycles. The monoisotopic (exact) mass is 278 g/mol. The van der Waals surface area contributed by atoms with Gasteiger partial charge in [-0.05, 0) is 43.0 Å². The Morgan fingerprint density at radius 1 is 1.50 bits per heavy atom. The first-order valence-corrected chi connectivity index (χ1v) is 7.16. The molecule has 3 rings (SSSR count). The minimum absolute atomic E-state index is 0.0140. The third-order valence-corrected chi connectivity index (χ3v) is 3.92. The summed E-state index contributed by atoms with van der Waals surface area (Å²) in [7, 11) is 0. The van der Waals surface area contributed by atoms with Gasteiger partial charge >= 0.3 is 0 Å². The summed E-state index contributed by atoms with van der Waals surface area (Å²) in [5.41, 5.74) is 1.98. The predicted molar refractivity (Wildman–Crippen MR) is 74.0 cm³/mol. The summed E-state index contributed by atoms with van der Waals surface area (Å²) >= 11 is 0. The highest BCUT2D eigenvalue weighted by molar-refractivity contribution is 5.91. The van der Waals surface area contributed by atoms with E-state index in [-0.39, 0.29) is 23.5 Å². The van der Waals surface area contributed by atoms with Gasteiger partial charge in [0, 0.05) is 13.2 Å². The van der Waals surface area contributed by atoms with Gasteiger partial charge < -0.3 is 15.4 Å². The van der Waals surface area contributed by atoms with Crippen molar-refractivity contribution in [2.45, 2.75) is 38.3 Å². The standard InChI is InChI=1S/C15H19FN2O2/c16-15-12-5-6-17-9-10(12)3-4-13(15)18-14(19)8-11-2-1-7-20-11/h3-4,11,17H,1-2,5-9H2,(H,18,19). The Hall–Kier alpha value is -1.46. The number of benzene rings is 1. The Morgan fingerprint density at radius 2 is 2.40 bits per heavy atom. The molecule has 1 unspecified atom stereocenters. The molecule has 1 aromatic carbocycles. The molecule has 5 heteroatoms. The van der Waals surface area contributed by atoms with E-state index in [0.717, 1.165) is 37.1 Å². The quantitative estimate of drug-likeness (QED) is 0.889. The fourth-order valence-corrected chi connectivity index (χ4v) is 2.84. The van der Waals surface area contributed by atoms with Crippen LogP contribution in [0.1, 0.15) is 30.4 Å². The van der Waals surface area contributed by atoms with Crippen molar-refractivity contribution in [3.05, 3.63) is 29.1 Å². The van der Waals surface area contributed by atoms with Gasteiger partial charge in [0.1, 0.15) is 5.82 Å². The number of hydrogen-bond acceptors (Lipinski definition) is 3. The molecule has 1 amide bonds.